The van der Waals surface area contributed by atoms with Gasteiger partial charge >= 0.3 is 5.97 Å². The van der Waals surface area contributed by atoms with E-state index in [1.807, 2.05) is 48.5 Å². The Kier molecular flexibility index (Phi) is 6.79. The van der Waals surface area contributed by atoms with E-state index < -0.39 is 42.7 Å². The van der Waals surface area contributed by atoms with Crippen LogP contribution in [-0.4, -0.2) is 46.0 Å². The summed E-state index contributed by atoms with van der Waals surface area (Å²) in [5.41, 5.74) is 1.45. The number of hydrogen-bond acceptors (Lipinski definition) is 4. The number of aliphatic carboxylic acids is 1. The Morgan fingerprint density at radius 2 is 1.52 bits per heavy atom. The number of aromatic nitrogens is 1. The summed E-state index contributed by atoms with van der Waals surface area (Å²) >= 11 is 0. The summed E-state index contributed by atoms with van der Waals surface area (Å²) in [6, 6.07) is 13.5. The van der Waals surface area contributed by atoms with E-state index in [0.29, 0.717) is 0 Å². The average molecular weight is 426 g/mol. The number of rotatable bonds is 9. The van der Waals surface area contributed by atoms with Gasteiger partial charge in [-0.1, -0.05) is 43.3 Å². The van der Waals surface area contributed by atoms with Gasteiger partial charge in [0.25, 0.3) is 0 Å². The molecule has 1 unspecified atom stereocenters. The maximum Gasteiger partial charge on any atom is 0.305 e. The molecule has 2 aromatic carbocycles. The van der Waals surface area contributed by atoms with Crippen molar-refractivity contribution in [2.75, 3.05) is 6.67 Å². The highest BCUT2D eigenvalue weighted by Crippen LogP contribution is 2.29. The van der Waals surface area contributed by atoms with Gasteiger partial charge in [0, 0.05) is 23.1 Å². The first-order chi connectivity index (χ1) is 14.9. The molecular formula is C23H23FN2O5. The van der Waals surface area contributed by atoms with Crippen molar-refractivity contribution in [1.82, 2.24) is 9.88 Å². The van der Waals surface area contributed by atoms with Gasteiger partial charge in [-0.25, -0.2) is 4.39 Å². The number of fused-ring (bicyclic) bond motifs is 3. The summed E-state index contributed by atoms with van der Waals surface area (Å²) in [5, 5.41) is 13.1. The van der Waals surface area contributed by atoms with E-state index in [-0.39, 0.29) is 18.7 Å². The van der Waals surface area contributed by atoms with Crippen molar-refractivity contribution >= 4 is 45.4 Å². The molecule has 2 atom stereocenters. The van der Waals surface area contributed by atoms with E-state index in [1.54, 1.807) is 11.5 Å². The lowest BCUT2D eigenvalue weighted by molar-refractivity contribution is -0.140. The zero-order chi connectivity index (χ0) is 22.5. The van der Waals surface area contributed by atoms with Crippen molar-refractivity contribution in [2.24, 2.45) is 5.92 Å². The molecule has 0 fully saturated rings. The molecule has 0 aliphatic carbocycles. The third kappa shape index (κ3) is 4.63. The molecule has 31 heavy (non-hydrogen) atoms. The Balaban J connectivity index is 1.86. The highest BCUT2D eigenvalue weighted by atomic mass is 19.1. The quantitative estimate of drug-likeness (QED) is 0.546. The summed E-state index contributed by atoms with van der Waals surface area (Å²) in [6.45, 7) is 0.335. The van der Waals surface area contributed by atoms with Crippen molar-refractivity contribution in [3.8, 4) is 0 Å². The van der Waals surface area contributed by atoms with Crippen molar-refractivity contribution in [3.05, 3.63) is 48.5 Å². The van der Waals surface area contributed by atoms with Gasteiger partial charge in [0.2, 0.25) is 11.8 Å². The smallest absolute Gasteiger partial charge is 0.305 e. The molecule has 3 aromatic rings. The van der Waals surface area contributed by atoms with Crippen LogP contribution < -0.4 is 5.32 Å². The van der Waals surface area contributed by atoms with Crippen LogP contribution in [0, 0.1) is 5.92 Å². The Morgan fingerprint density at radius 3 is 2.00 bits per heavy atom. The molecule has 0 radical (unpaired) electrons. The average Bonchev–Trinajstić information content (AvgIpc) is 3.10. The number of nitrogens with one attached hydrogen (secondary N) is 1. The first-order valence-corrected chi connectivity index (χ1v) is 9.99. The molecule has 2 N–H and O–H groups in total. The fourth-order valence-electron chi connectivity index (χ4n) is 3.72. The minimum Gasteiger partial charge on any atom is -0.481 e. The molecule has 7 nitrogen and oxygen atoms in total. The summed E-state index contributed by atoms with van der Waals surface area (Å²) < 4.78 is 14.3. The zero-order valence-corrected chi connectivity index (χ0v) is 17.0. The van der Waals surface area contributed by atoms with Crippen molar-refractivity contribution in [1.29, 1.82) is 0 Å². The fraction of sp³-hybridized carbons (Fsp3) is 0.304. The molecule has 1 amide bonds. The number of nitrogens with zero attached hydrogens (tertiary/aromatic N) is 1. The van der Waals surface area contributed by atoms with E-state index in [9.17, 15) is 23.6 Å². The van der Waals surface area contributed by atoms with Crippen LogP contribution in [0.1, 0.15) is 31.0 Å². The molecule has 0 spiro atoms. The standard InChI is InChI=1S/C23H23FN2O5/c1-2-14(23(31)25-17(12-22(29)30)20(27)13-24)11-21(28)26-18-9-5-3-7-15(18)16-8-4-6-10-19(16)26/h3-10,14,17H,2,11-13H2,1H3,(H,25,31)(H,29,30)/t14-,17?/m1/s1. The number of carbonyl (C=O) groups excluding carboxylic acids is 3. The lowest BCUT2D eigenvalue weighted by Crippen LogP contribution is -2.45. The molecule has 0 bridgehead atoms. The third-order valence-corrected chi connectivity index (χ3v) is 5.33. The highest BCUT2D eigenvalue weighted by molar-refractivity contribution is 6.13. The first kappa shape index (κ1) is 22.1. The lowest BCUT2D eigenvalue weighted by Gasteiger charge is -2.19. The largest absolute Gasteiger partial charge is 0.481 e. The number of carbonyl (C=O) groups is 4. The van der Waals surface area contributed by atoms with Crippen LogP contribution in [0.15, 0.2) is 48.5 Å². The number of amides is 1. The van der Waals surface area contributed by atoms with E-state index in [4.69, 9.17) is 5.11 Å². The van der Waals surface area contributed by atoms with E-state index >= 15 is 0 Å². The summed E-state index contributed by atoms with van der Waals surface area (Å²) in [5.74, 6) is -4.09. The number of hydrogen-bond donors (Lipinski definition) is 2. The molecule has 0 saturated heterocycles. The van der Waals surface area contributed by atoms with Crippen LogP contribution in [0.4, 0.5) is 4.39 Å². The topological polar surface area (TPSA) is 105 Å². The molecule has 3 rings (SSSR count). The maximum absolute atomic E-state index is 13.2. The summed E-state index contributed by atoms with van der Waals surface area (Å²) in [4.78, 5) is 48.5. The number of carboxylic acids is 1. The number of carboxylic acid groups (broad SMARTS) is 1. The normalized spacial score (nSPS) is 13.1. The minimum absolute atomic E-state index is 0.144. The van der Waals surface area contributed by atoms with Gasteiger partial charge in [0.15, 0.2) is 5.78 Å². The molecular weight excluding hydrogens is 403 g/mol. The van der Waals surface area contributed by atoms with Crippen LogP contribution in [0.3, 0.4) is 0 Å². The van der Waals surface area contributed by atoms with Gasteiger partial charge < -0.3 is 10.4 Å². The van der Waals surface area contributed by atoms with E-state index in [0.717, 1.165) is 21.8 Å². The number of ketones is 1. The number of alkyl halides is 1. The molecule has 0 aliphatic rings. The van der Waals surface area contributed by atoms with Crippen LogP contribution in [0.5, 0.6) is 0 Å². The Bertz CT molecular complexity index is 1100. The molecule has 1 heterocycles. The Morgan fingerprint density at radius 1 is 0.968 bits per heavy atom. The highest BCUT2D eigenvalue weighted by Gasteiger charge is 2.28. The maximum atomic E-state index is 13.2. The van der Waals surface area contributed by atoms with Crippen LogP contribution >= 0.6 is 0 Å². The molecule has 0 aliphatic heterocycles. The van der Waals surface area contributed by atoms with Crippen molar-refractivity contribution in [2.45, 2.75) is 32.2 Å². The number of halogens is 1. The zero-order valence-electron chi connectivity index (χ0n) is 17.0. The van der Waals surface area contributed by atoms with Gasteiger partial charge in [0.1, 0.15) is 12.7 Å². The second-order valence-electron chi connectivity index (χ2n) is 7.33. The second kappa shape index (κ2) is 9.51. The van der Waals surface area contributed by atoms with Gasteiger partial charge in [-0.05, 0) is 18.6 Å². The van der Waals surface area contributed by atoms with Gasteiger partial charge in [-0.3, -0.25) is 23.7 Å². The van der Waals surface area contributed by atoms with E-state index in [2.05, 4.69) is 5.32 Å². The fourth-order valence-corrected chi connectivity index (χ4v) is 3.72. The SMILES string of the molecule is CC[C@H](CC(=O)n1c2ccccc2c2ccccc21)C(=O)NC(CC(=O)O)C(=O)CF. The number of benzene rings is 2. The first-order valence-electron chi connectivity index (χ1n) is 9.99. The monoisotopic (exact) mass is 426 g/mol. The molecule has 8 heteroatoms. The number of para-hydroxylation sites is 2. The van der Waals surface area contributed by atoms with Crippen molar-refractivity contribution in [3.63, 3.8) is 0 Å². The Hall–Kier alpha value is -3.55. The second-order valence-corrected chi connectivity index (χ2v) is 7.33. The Labute approximate surface area is 177 Å². The van der Waals surface area contributed by atoms with Gasteiger partial charge in [-0.15, -0.1) is 0 Å². The molecule has 162 valence electrons. The summed E-state index contributed by atoms with van der Waals surface area (Å²) in [7, 11) is 0. The predicted molar refractivity (Wildman–Crippen MR) is 114 cm³/mol. The molecule has 1 aromatic heterocycles. The minimum atomic E-state index is -1.47. The van der Waals surface area contributed by atoms with Crippen LogP contribution in [0.25, 0.3) is 21.8 Å². The lowest BCUT2D eigenvalue weighted by atomic mass is 9.99. The van der Waals surface area contributed by atoms with E-state index in [1.165, 1.54) is 0 Å². The molecule has 0 saturated carbocycles. The van der Waals surface area contributed by atoms with Crippen molar-refractivity contribution < 1.29 is 28.7 Å². The van der Waals surface area contributed by atoms with Crippen LogP contribution in [0.2, 0.25) is 0 Å². The number of Topliss-reactive ketones (excluding diaryl/α,β-unsaturated/α-hetero) is 1. The summed E-state index contributed by atoms with van der Waals surface area (Å²) in [6.07, 6.45) is -0.571. The van der Waals surface area contributed by atoms with Gasteiger partial charge in [-0.2, -0.15) is 0 Å². The van der Waals surface area contributed by atoms with Crippen LogP contribution in [-0.2, 0) is 14.4 Å². The van der Waals surface area contributed by atoms with Gasteiger partial charge in [0.05, 0.1) is 17.5 Å². The third-order valence-electron chi connectivity index (χ3n) is 5.33. The predicted octanol–water partition coefficient (Wildman–Crippen LogP) is 3.35.